The van der Waals surface area contributed by atoms with Crippen LogP contribution >= 0.6 is 23.5 Å². The summed E-state index contributed by atoms with van der Waals surface area (Å²) in [5, 5.41) is 9.84. The highest BCUT2D eigenvalue weighted by Gasteiger charge is 2.14. The van der Waals surface area contributed by atoms with Crippen LogP contribution in [0.2, 0.25) is 0 Å². The number of thioether (sulfide) groups is 2. The van der Waals surface area contributed by atoms with Crippen molar-refractivity contribution in [2.75, 3.05) is 12.5 Å². The molecule has 0 atom stereocenters. The van der Waals surface area contributed by atoms with Gasteiger partial charge in [-0.2, -0.15) is 0 Å². The first-order chi connectivity index (χ1) is 10.5. The van der Waals surface area contributed by atoms with Crippen LogP contribution in [0, 0.1) is 0 Å². The Labute approximate surface area is 134 Å². The molecular formula is C16H12O4S2. The van der Waals surface area contributed by atoms with Crippen LogP contribution in [-0.2, 0) is 0 Å². The molecule has 2 aromatic carbocycles. The molecule has 0 bridgehead atoms. The van der Waals surface area contributed by atoms with E-state index in [2.05, 4.69) is 0 Å². The van der Waals surface area contributed by atoms with Crippen molar-refractivity contribution in [1.29, 1.82) is 0 Å². The summed E-state index contributed by atoms with van der Waals surface area (Å²) in [7, 11) is 0. The van der Waals surface area contributed by atoms with Crippen LogP contribution in [-0.4, -0.2) is 23.6 Å². The molecule has 4 nitrogen and oxygen atoms in total. The Kier molecular flexibility index (Phi) is 3.88. The van der Waals surface area contributed by atoms with E-state index in [1.54, 1.807) is 17.8 Å². The van der Waals surface area contributed by atoms with Gasteiger partial charge in [-0.1, -0.05) is 0 Å². The lowest BCUT2D eigenvalue weighted by Gasteiger charge is -2.08. The zero-order valence-corrected chi connectivity index (χ0v) is 13.5. The van der Waals surface area contributed by atoms with Gasteiger partial charge < -0.3 is 9.52 Å². The number of hydrogen-bond acceptors (Lipinski definition) is 5. The predicted molar refractivity (Wildman–Crippen MR) is 90.5 cm³/mol. The van der Waals surface area contributed by atoms with Crippen LogP contribution < -0.4 is 5.43 Å². The minimum absolute atomic E-state index is 0.0743. The number of aromatic carboxylic acids is 1. The Hall–Kier alpha value is -1.92. The van der Waals surface area contributed by atoms with Crippen molar-refractivity contribution in [3.8, 4) is 0 Å². The monoisotopic (exact) mass is 332 g/mol. The van der Waals surface area contributed by atoms with Gasteiger partial charge in [0.2, 0.25) is 5.43 Å². The molecule has 0 aliphatic carbocycles. The summed E-state index contributed by atoms with van der Waals surface area (Å²) in [6, 6.07) is 8.12. The fourth-order valence-corrected chi connectivity index (χ4v) is 3.43. The molecule has 0 aliphatic heterocycles. The Balaban J connectivity index is 2.46. The molecule has 1 aromatic heterocycles. The van der Waals surface area contributed by atoms with Gasteiger partial charge in [0, 0.05) is 4.90 Å². The largest absolute Gasteiger partial charge is 0.478 e. The first kappa shape index (κ1) is 15.0. The highest BCUT2D eigenvalue weighted by atomic mass is 32.2. The van der Waals surface area contributed by atoms with Gasteiger partial charge in [0.05, 0.1) is 21.2 Å². The van der Waals surface area contributed by atoms with Crippen molar-refractivity contribution in [3.05, 3.63) is 46.1 Å². The van der Waals surface area contributed by atoms with Gasteiger partial charge in [-0.15, -0.1) is 23.5 Å². The van der Waals surface area contributed by atoms with Gasteiger partial charge >= 0.3 is 5.97 Å². The van der Waals surface area contributed by atoms with Crippen LogP contribution in [0.4, 0.5) is 0 Å². The molecule has 0 amide bonds. The van der Waals surface area contributed by atoms with Crippen molar-refractivity contribution in [2.45, 2.75) is 9.79 Å². The Bertz CT molecular complexity index is 960. The fourth-order valence-electron chi connectivity index (χ4n) is 2.30. The maximum Gasteiger partial charge on any atom is 0.335 e. The molecule has 0 saturated heterocycles. The van der Waals surface area contributed by atoms with E-state index < -0.39 is 5.97 Å². The van der Waals surface area contributed by atoms with Crippen LogP contribution in [0.25, 0.3) is 21.9 Å². The molecule has 1 N–H and O–H groups in total. The number of benzene rings is 2. The third kappa shape index (κ3) is 2.38. The number of fused-ring (bicyclic) bond motifs is 2. The number of carboxylic acids is 1. The molecule has 0 radical (unpaired) electrons. The van der Waals surface area contributed by atoms with Crippen LogP contribution in [0.5, 0.6) is 0 Å². The number of carboxylic acid groups (broad SMARTS) is 1. The van der Waals surface area contributed by atoms with Gasteiger partial charge in [0.25, 0.3) is 0 Å². The molecule has 1 heterocycles. The van der Waals surface area contributed by atoms with E-state index in [0.29, 0.717) is 16.6 Å². The summed E-state index contributed by atoms with van der Waals surface area (Å²) in [5.74, 6) is -1.07. The van der Waals surface area contributed by atoms with E-state index >= 15 is 0 Å². The second-order valence-corrected chi connectivity index (χ2v) is 6.38. The summed E-state index contributed by atoms with van der Waals surface area (Å²) in [5.41, 5.74) is 0.816. The molecule has 3 aromatic rings. The van der Waals surface area contributed by atoms with Crippen molar-refractivity contribution < 1.29 is 14.3 Å². The zero-order valence-electron chi connectivity index (χ0n) is 11.9. The Morgan fingerprint density at radius 1 is 1.09 bits per heavy atom. The van der Waals surface area contributed by atoms with Crippen LogP contribution in [0.15, 0.2) is 49.3 Å². The van der Waals surface area contributed by atoms with Gasteiger partial charge in [0.15, 0.2) is 5.58 Å². The average molecular weight is 332 g/mol. The van der Waals surface area contributed by atoms with E-state index in [9.17, 15) is 9.59 Å². The number of carbonyl (C=O) groups is 1. The average Bonchev–Trinajstić information content (AvgIpc) is 2.54. The quantitative estimate of drug-likeness (QED) is 0.575. The topological polar surface area (TPSA) is 67.5 Å². The Morgan fingerprint density at radius 2 is 1.86 bits per heavy atom. The van der Waals surface area contributed by atoms with Gasteiger partial charge in [-0.3, -0.25) is 4.79 Å². The molecule has 6 heteroatoms. The zero-order chi connectivity index (χ0) is 15.9. The van der Waals surface area contributed by atoms with E-state index in [1.165, 1.54) is 30.0 Å². The minimum Gasteiger partial charge on any atom is -0.478 e. The summed E-state index contributed by atoms with van der Waals surface area (Å²) < 4.78 is 5.86. The van der Waals surface area contributed by atoms with Crippen molar-refractivity contribution in [3.63, 3.8) is 0 Å². The fraction of sp³-hybridized carbons (Fsp3) is 0.125. The predicted octanol–water partition coefficient (Wildman–Crippen LogP) is 4.09. The maximum absolute atomic E-state index is 12.7. The van der Waals surface area contributed by atoms with E-state index in [0.717, 1.165) is 9.79 Å². The van der Waals surface area contributed by atoms with Gasteiger partial charge in [-0.05, 0) is 42.8 Å². The second kappa shape index (κ2) is 5.70. The van der Waals surface area contributed by atoms with Crippen LogP contribution in [0.3, 0.4) is 0 Å². The SMILES string of the molecule is CSc1cc(SC)c2oc3ccc(C(=O)O)cc3c(=O)c2c1. The smallest absolute Gasteiger partial charge is 0.335 e. The van der Waals surface area contributed by atoms with E-state index in [-0.39, 0.29) is 16.4 Å². The first-order valence-electron chi connectivity index (χ1n) is 6.41. The van der Waals surface area contributed by atoms with E-state index in [1.807, 2.05) is 18.6 Å². The van der Waals surface area contributed by atoms with Gasteiger partial charge in [0.1, 0.15) is 5.58 Å². The molecule has 0 saturated carbocycles. The number of hydrogen-bond donors (Lipinski definition) is 1. The summed E-state index contributed by atoms with van der Waals surface area (Å²) in [6.07, 6.45) is 3.87. The first-order valence-corrected chi connectivity index (χ1v) is 8.86. The standard InChI is InChI=1S/C16H12O4S2/c1-21-9-6-11-14(17)10-5-8(16(18)19)3-4-12(10)20-15(11)13(7-9)22-2/h3-7H,1-2H3,(H,18,19). The lowest BCUT2D eigenvalue weighted by Crippen LogP contribution is -2.05. The van der Waals surface area contributed by atoms with E-state index in [4.69, 9.17) is 9.52 Å². The molecular weight excluding hydrogens is 320 g/mol. The summed E-state index contributed by atoms with van der Waals surface area (Å²) in [4.78, 5) is 25.7. The molecule has 0 fully saturated rings. The normalized spacial score (nSPS) is 11.2. The lowest BCUT2D eigenvalue weighted by atomic mass is 10.1. The lowest BCUT2D eigenvalue weighted by molar-refractivity contribution is 0.0697. The minimum atomic E-state index is -1.07. The molecule has 112 valence electrons. The maximum atomic E-state index is 12.7. The molecule has 22 heavy (non-hydrogen) atoms. The third-order valence-corrected chi connectivity index (χ3v) is 4.86. The highest BCUT2D eigenvalue weighted by molar-refractivity contribution is 7.99. The molecule has 0 unspecified atom stereocenters. The highest BCUT2D eigenvalue weighted by Crippen LogP contribution is 2.32. The Morgan fingerprint density at radius 3 is 2.50 bits per heavy atom. The molecule has 0 spiro atoms. The van der Waals surface area contributed by atoms with Gasteiger partial charge in [-0.25, -0.2) is 4.79 Å². The molecule has 0 aliphatic rings. The van der Waals surface area contributed by atoms with Crippen molar-refractivity contribution in [1.82, 2.24) is 0 Å². The molecule has 3 rings (SSSR count). The number of rotatable bonds is 3. The summed E-state index contributed by atoms with van der Waals surface area (Å²) >= 11 is 3.06. The van der Waals surface area contributed by atoms with Crippen molar-refractivity contribution >= 4 is 51.4 Å². The third-order valence-electron chi connectivity index (χ3n) is 3.41. The van der Waals surface area contributed by atoms with Crippen molar-refractivity contribution in [2.24, 2.45) is 0 Å². The summed E-state index contributed by atoms with van der Waals surface area (Å²) in [6.45, 7) is 0. The second-order valence-electron chi connectivity index (χ2n) is 4.65. The van der Waals surface area contributed by atoms with Crippen LogP contribution in [0.1, 0.15) is 10.4 Å².